The number of nitrogens with zero attached hydrogens (tertiary/aromatic N) is 4. The number of fused-ring (bicyclic) bond motifs is 1. The van der Waals surface area contributed by atoms with Gasteiger partial charge in [0.05, 0.1) is 6.54 Å². The number of imidazole rings is 1. The zero-order valence-electron chi connectivity index (χ0n) is 17.8. The predicted molar refractivity (Wildman–Crippen MR) is 132 cm³/mol. The van der Waals surface area contributed by atoms with Crippen LogP contribution >= 0.6 is 24.0 Å². The Kier molecular flexibility index (Phi) is 8.16. The average molecular weight is 533 g/mol. The van der Waals surface area contributed by atoms with E-state index in [4.69, 9.17) is 9.47 Å². The van der Waals surface area contributed by atoms with Crippen molar-refractivity contribution in [1.82, 2.24) is 19.8 Å². The Bertz CT molecular complexity index is 1010. The molecule has 0 atom stereocenters. The molecular formula is C23H28IN5O2. The second-order valence-electron chi connectivity index (χ2n) is 7.19. The Hall–Kier alpha value is -2.75. The van der Waals surface area contributed by atoms with E-state index in [1.54, 1.807) is 7.05 Å². The Morgan fingerprint density at radius 1 is 1.10 bits per heavy atom. The van der Waals surface area contributed by atoms with Crippen LogP contribution in [0.3, 0.4) is 0 Å². The lowest BCUT2D eigenvalue weighted by Crippen LogP contribution is -2.38. The molecule has 4 rings (SSSR count). The van der Waals surface area contributed by atoms with Crippen molar-refractivity contribution in [3.63, 3.8) is 0 Å². The predicted octanol–water partition coefficient (Wildman–Crippen LogP) is 3.53. The van der Waals surface area contributed by atoms with Crippen molar-refractivity contribution in [2.45, 2.75) is 19.6 Å². The van der Waals surface area contributed by atoms with Crippen LogP contribution in [0.15, 0.2) is 65.9 Å². The maximum atomic E-state index is 5.69. The van der Waals surface area contributed by atoms with Crippen LogP contribution in [-0.4, -0.2) is 47.7 Å². The van der Waals surface area contributed by atoms with Crippen LogP contribution in [0.4, 0.5) is 0 Å². The molecule has 164 valence electrons. The molecule has 2 heterocycles. The molecule has 7 nitrogen and oxygen atoms in total. The van der Waals surface area contributed by atoms with E-state index in [0.717, 1.165) is 35.4 Å². The molecule has 0 fully saturated rings. The van der Waals surface area contributed by atoms with E-state index < -0.39 is 0 Å². The average Bonchev–Trinajstić information content (AvgIpc) is 3.21. The lowest BCUT2D eigenvalue weighted by molar-refractivity contribution is 0.171. The molecule has 0 unspecified atom stereocenters. The molecule has 0 bridgehead atoms. The van der Waals surface area contributed by atoms with Gasteiger partial charge in [0, 0.05) is 39.6 Å². The summed E-state index contributed by atoms with van der Waals surface area (Å²) >= 11 is 0. The molecule has 8 heteroatoms. The number of rotatable bonds is 6. The van der Waals surface area contributed by atoms with Gasteiger partial charge in [-0.15, -0.1) is 24.0 Å². The van der Waals surface area contributed by atoms with Crippen molar-refractivity contribution in [2.24, 2.45) is 4.99 Å². The lowest BCUT2D eigenvalue weighted by Gasteiger charge is -2.24. The number of ether oxygens (including phenoxy) is 2. The van der Waals surface area contributed by atoms with Gasteiger partial charge >= 0.3 is 0 Å². The summed E-state index contributed by atoms with van der Waals surface area (Å²) in [6.45, 7) is 3.28. The van der Waals surface area contributed by atoms with Gasteiger partial charge < -0.3 is 24.3 Å². The second kappa shape index (κ2) is 11.0. The monoisotopic (exact) mass is 533 g/mol. The first-order valence-corrected chi connectivity index (χ1v) is 10.1. The van der Waals surface area contributed by atoms with Crippen molar-refractivity contribution >= 4 is 29.9 Å². The van der Waals surface area contributed by atoms with Crippen LogP contribution in [0.1, 0.15) is 17.0 Å². The van der Waals surface area contributed by atoms with E-state index in [0.29, 0.717) is 26.3 Å². The smallest absolute Gasteiger partial charge is 0.194 e. The SMILES string of the molecule is CN=C(NCc1nccn1Cc1ccccc1)N(C)Cc1ccc2c(c1)OCCO2.I. The first-order chi connectivity index (χ1) is 14.7. The van der Waals surface area contributed by atoms with Crippen LogP contribution in [0.2, 0.25) is 0 Å². The lowest BCUT2D eigenvalue weighted by atomic mass is 10.2. The highest BCUT2D eigenvalue weighted by Crippen LogP contribution is 2.31. The highest BCUT2D eigenvalue weighted by Gasteiger charge is 2.14. The number of nitrogens with one attached hydrogen (secondary N) is 1. The molecule has 0 spiro atoms. The first kappa shape index (κ1) is 22.9. The first-order valence-electron chi connectivity index (χ1n) is 10.1. The zero-order valence-corrected chi connectivity index (χ0v) is 20.2. The summed E-state index contributed by atoms with van der Waals surface area (Å²) in [7, 11) is 3.81. The summed E-state index contributed by atoms with van der Waals surface area (Å²) in [6.07, 6.45) is 3.84. The molecule has 0 radical (unpaired) electrons. The van der Waals surface area contributed by atoms with Crippen LogP contribution in [0.5, 0.6) is 11.5 Å². The highest BCUT2D eigenvalue weighted by atomic mass is 127. The van der Waals surface area contributed by atoms with Crippen LogP contribution < -0.4 is 14.8 Å². The zero-order chi connectivity index (χ0) is 20.8. The van der Waals surface area contributed by atoms with Gasteiger partial charge in [0.2, 0.25) is 0 Å². The van der Waals surface area contributed by atoms with Crippen LogP contribution in [0, 0.1) is 0 Å². The molecule has 0 saturated carbocycles. The van der Waals surface area contributed by atoms with Gasteiger partial charge in [-0.3, -0.25) is 4.99 Å². The number of hydrogen-bond donors (Lipinski definition) is 1. The van der Waals surface area contributed by atoms with Crippen LogP contribution in [0.25, 0.3) is 0 Å². The van der Waals surface area contributed by atoms with Gasteiger partial charge in [-0.2, -0.15) is 0 Å². The maximum absolute atomic E-state index is 5.69. The van der Waals surface area contributed by atoms with Crippen molar-refractivity contribution in [3.8, 4) is 11.5 Å². The topological polar surface area (TPSA) is 63.9 Å². The third kappa shape index (κ3) is 5.90. The summed E-state index contributed by atoms with van der Waals surface area (Å²) in [5.41, 5.74) is 2.38. The summed E-state index contributed by atoms with van der Waals surface area (Å²) in [4.78, 5) is 11.0. The summed E-state index contributed by atoms with van der Waals surface area (Å²) < 4.78 is 13.4. The fourth-order valence-electron chi connectivity index (χ4n) is 3.51. The van der Waals surface area contributed by atoms with Crippen LogP contribution in [-0.2, 0) is 19.6 Å². The third-order valence-electron chi connectivity index (χ3n) is 5.00. The molecule has 0 amide bonds. The fourth-order valence-corrected chi connectivity index (χ4v) is 3.51. The molecule has 3 aromatic rings. The largest absolute Gasteiger partial charge is 0.486 e. The molecule has 1 aromatic heterocycles. The minimum Gasteiger partial charge on any atom is -0.486 e. The van der Waals surface area contributed by atoms with Crippen molar-refractivity contribution in [2.75, 3.05) is 27.3 Å². The van der Waals surface area contributed by atoms with E-state index >= 15 is 0 Å². The number of aromatic nitrogens is 2. The standard InChI is InChI=1S/C23H27N5O2.HI/c1-24-23(27(2)16-19-8-9-20-21(14-19)30-13-12-29-20)26-15-22-25-10-11-28(22)17-18-6-4-3-5-7-18;/h3-11,14H,12-13,15-17H2,1-2H3,(H,24,26);1H. The third-order valence-corrected chi connectivity index (χ3v) is 5.00. The molecule has 31 heavy (non-hydrogen) atoms. The number of halogens is 1. The van der Waals surface area contributed by atoms with E-state index in [1.807, 2.05) is 37.6 Å². The van der Waals surface area contributed by atoms with Gasteiger partial charge in [-0.05, 0) is 23.3 Å². The van der Waals surface area contributed by atoms with E-state index in [9.17, 15) is 0 Å². The molecule has 0 aliphatic carbocycles. The molecular weight excluding hydrogens is 505 g/mol. The van der Waals surface area contributed by atoms with E-state index in [2.05, 4.69) is 55.1 Å². The van der Waals surface area contributed by atoms with Crippen molar-refractivity contribution < 1.29 is 9.47 Å². The number of aliphatic imine (C=N–C) groups is 1. The second-order valence-corrected chi connectivity index (χ2v) is 7.19. The summed E-state index contributed by atoms with van der Waals surface area (Å²) in [6, 6.07) is 16.4. The van der Waals surface area contributed by atoms with E-state index in [1.165, 1.54) is 5.56 Å². The number of guanidine groups is 1. The molecule has 2 aromatic carbocycles. The van der Waals surface area contributed by atoms with Gasteiger partial charge in [0.15, 0.2) is 17.5 Å². The summed E-state index contributed by atoms with van der Waals surface area (Å²) in [5.74, 6) is 3.38. The number of benzene rings is 2. The Morgan fingerprint density at radius 3 is 2.65 bits per heavy atom. The van der Waals surface area contributed by atoms with Gasteiger partial charge in [-0.1, -0.05) is 36.4 Å². The molecule has 1 aliphatic heterocycles. The van der Waals surface area contributed by atoms with Gasteiger partial charge in [0.1, 0.15) is 19.0 Å². The Balaban J connectivity index is 0.00000272. The van der Waals surface area contributed by atoms with Crippen molar-refractivity contribution in [1.29, 1.82) is 0 Å². The Labute approximate surface area is 200 Å². The summed E-state index contributed by atoms with van der Waals surface area (Å²) in [5, 5.41) is 3.42. The Morgan fingerprint density at radius 2 is 1.87 bits per heavy atom. The van der Waals surface area contributed by atoms with Gasteiger partial charge in [-0.25, -0.2) is 4.98 Å². The van der Waals surface area contributed by atoms with E-state index in [-0.39, 0.29) is 24.0 Å². The normalized spacial score (nSPS) is 12.8. The van der Waals surface area contributed by atoms with Gasteiger partial charge in [0.25, 0.3) is 0 Å². The maximum Gasteiger partial charge on any atom is 0.194 e. The minimum atomic E-state index is 0. The molecule has 1 aliphatic rings. The molecule has 0 saturated heterocycles. The molecule has 1 N–H and O–H groups in total. The minimum absolute atomic E-state index is 0. The highest BCUT2D eigenvalue weighted by molar-refractivity contribution is 14.0. The quantitative estimate of drug-likeness (QED) is 0.299. The fraction of sp³-hybridized carbons (Fsp3) is 0.304. The van der Waals surface area contributed by atoms with Crippen molar-refractivity contribution in [3.05, 3.63) is 77.9 Å². The number of hydrogen-bond acceptors (Lipinski definition) is 4.